The summed E-state index contributed by atoms with van der Waals surface area (Å²) >= 11 is 0. The lowest BCUT2D eigenvalue weighted by Crippen LogP contribution is -2.31. The summed E-state index contributed by atoms with van der Waals surface area (Å²) < 4.78 is 36.7. The first kappa shape index (κ1) is 23.9. The second kappa shape index (κ2) is 9.15. The monoisotopic (exact) mass is 521 g/mol. The molecule has 0 saturated heterocycles. The van der Waals surface area contributed by atoms with Gasteiger partial charge in [-0.05, 0) is 55.5 Å². The van der Waals surface area contributed by atoms with Crippen LogP contribution in [-0.2, 0) is 0 Å². The highest BCUT2D eigenvalue weighted by Crippen LogP contribution is 2.39. The largest absolute Gasteiger partial charge is 0.482 e. The SMILES string of the molecule is CC(Oc1cc2cc(F)cc(F)c2nc1N1C(=O)c2ccccc2C1=O)c1cc(C#N)ccc1-n1cccn1. The quantitative estimate of drug-likeness (QED) is 0.283. The predicted octanol–water partition coefficient (Wildman–Crippen LogP) is 5.51. The molecule has 2 aromatic heterocycles. The van der Waals surface area contributed by atoms with Gasteiger partial charge in [-0.15, -0.1) is 0 Å². The summed E-state index contributed by atoms with van der Waals surface area (Å²) in [6.07, 6.45) is 2.55. The van der Waals surface area contributed by atoms with E-state index in [0.717, 1.165) is 11.0 Å². The molecule has 0 saturated carbocycles. The van der Waals surface area contributed by atoms with E-state index in [2.05, 4.69) is 16.2 Å². The van der Waals surface area contributed by atoms with Gasteiger partial charge in [0.15, 0.2) is 17.4 Å². The number of aromatic nitrogens is 3. The van der Waals surface area contributed by atoms with Gasteiger partial charge < -0.3 is 4.74 Å². The van der Waals surface area contributed by atoms with E-state index in [1.807, 2.05) is 0 Å². The van der Waals surface area contributed by atoms with E-state index in [0.29, 0.717) is 22.9 Å². The lowest BCUT2D eigenvalue weighted by atomic mass is 10.0. The summed E-state index contributed by atoms with van der Waals surface area (Å²) in [5.74, 6) is -3.36. The Bertz CT molecular complexity index is 1810. The molecule has 190 valence electrons. The second-order valence-electron chi connectivity index (χ2n) is 8.86. The van der Waals surface area contributed by atoms with Gasteiger partial charge in [0.05, 0.1) is 28.4 Å². The van der Waals surface area contributed by atoms with Crippen molar-refractivity contribution in [3.05, 3.63) is 113 Å². The number of anilines is 1. The highest BCUT2D eigenvalue weighted by atomic mass is 19.1. The van der Waals surface area contributed by atoms with Gasteiger partial charge in [-0.2, -0.15) is 10.4 Å². The number of ether oxygens (including phenoxy) is 1. The first-order valence-electron chi connectivity index (χ1n) is 11.8. The van der Waals surface area contributed by atoms with E-state index < -0.39 is 29.6 Å². The Balaban J connectivity index is 1.51. The zero-order chi connectivity index (χ0) is 27.3. The van der Waals surface area contributed by atoms with Crippen LogP contribution in [-0.4, -0.2) is 26.6 Å². The van der Waals surface area contributed by atoms with Gasteiger partial charge in [-0.1, -0.05) is 12.1 Å². The minimum absolute atomic E-state index is 0.0525. The maximum absolute atomic E-state index is 14.8. The number of imide groups is 1. The van der Waals surface area contributed by atoms with Crippen LogP contribution >= 0.6 is 0 Å². The normalized spacial score (nSPS) is 13.4. The molecule has 0 fully saturated rings. The number of amides is 2. The molecular weight excluding hydrogens is 504 g/mol. The Labute approximate surface area is 220 Å². The van der Waals surface area contributed by atoms with Crippen LogP contribution in [0.15, 0.2) is 79.1 Å². The fourth-order valence-corrected chi connectivity index (χ4v) is 4.63. The Morgan fingerprint density at radius 3 is 2.38 bits per heavy atom. The van der Waals surface area contributed by atoms with Crippen molar-refractivity contribution in [1.29, 1.82) is 5.26 Å². The number of nitriles is 1. The summed E-state index contributed by atoms with van der Waals surface area (Å²) in [5.41, 5.74) is 1.68. The molecule has 3 heterocycles. The number of pyridine rings is 1. The molecule has 10 heteroatoms. The van der Waals surface area contributed by atoms with Crippen molar-refractivity contribution in [2.45, 2.75) is 13.0 Å². The van der Waals surface area contributed by atoms with Crippen LogP contribution in [0.5, 0.6) is 5.75 Å². The Hall–Kier alpha value is -5.43. The highest BCUT2D eigenvalue weighted by molar-refractivity contribution is 6.34. The molecule has 0 N–H and O–H groups in total. The summed E-state index contributed by atoms with van der Waals surface area (Å²) in [4.78, 5) is 31.7. The zero-order valence-electron chi connectivity index (χ0n) is 20.3. The average molecular weight is 521 g/mol. The van der Waals surface area contributed by atoms with Crippen molar-refractivity contribution in [2.75, 3.05) is 4.90 Å². The number of halogens is 2. The lowest BCUT2D eigenvalue weighted by Gasteiger charge is -2.23. The molecular formula is C29H17F2N5O3. The van der Waals surface area contributed by atoms with E-state index in [-0.39, 0.29) is 33.6 Å². The number of benzene rings is 3. The molecule has 1 unspecified atom stereocenters. The molecule has 0 spiro atoms. The number of hydrogen-bond donors (Lipinski definition) is 0. The molecule has 3 aromatic carbocycles. The van der Waals surface area contributed by atoms with Crippen molar-refractivity contribution < 1.29 is 23.1 Å². The van der Waals surface area contributed by atoms with E-state index in [9.17, 15) is 23.6 Å². The molecule has 8 nitrogen and oxygen atoms in total. The maximum atomic E-state index is 14.8. The Morgan fingerprint density at radius 2 is 1.72 bits per heavy atom. The van der Waals surface area contributed by atoms with Crippen LogP contribution in [0.1, 0.15) is 44.9 Å². The van der Waals surface area contributed by atoms with Crippen LogP contribution in [0.3, 0.4) is 0 Å². The summed E-state index contributed by atoms with van der Waals surface area (Å²) in [5, 5.41) is 13.8. The third-order valence-electron chi connectivity index (χ3n) is 6.44. The fourth-order valence-electron chi connectivity index (χ4n) is 4.63. The predicted molar refractivity (Wildman–Crippen MR) is 137 cm³/mol. The summed E-state index contributed by atoms with van der Waals surface area (Å²) in [6, 6.07) is 18.2. The van der Waals surface area contributed by atoms with Gasteiger partial charge in [0.1, 0.15) is 17.4 Å². The third-order valence-corrected chi connectivity index (χ3v) is 6.44. The lowest BCUT2D eigenvalue weighted by molar-refractivity contribution is 0.0922. The fraction of sp³-hybridized carbons (Fsp3) is 0.0690. The van der Waals surface area contributed by atoms with Gasteiger partial charge in [0.2, 0.25) is 0 Å². The van der Waals surface area contributed by atoms with Crippen LogP contribution in [0, 0.1) is 23.0 Å². The molecule has 6 rings (SSSR count). The Kier molecular flexibility index (Phi) is 5.61. The van der Waals surface area contributed by atoms with E-state index >= 15 is 0 Å². The average Bonchev–Trinajstić information content (AvgIpc) is 3.55. The van der Waals surface area contributed by atoms with Crippen molar-refractivity contribution >= 4 is 28.5 Å². The minimum atomic E-state index is -0.954. The molecule has 2 amide bonds. The third kappa shape index (κ3) is 3.97. The van der Waals surface area contributed by atoms with E-state index in [1.54, 1.807) is 60.4 Å². The summed E-state index contributed by atoms with van der Waals surface area (Å²) in [7, 11) is 0. The molecule has 1 atom stereocenters. The van der Waals surface area contributed by atoms with Crippen LogP contribution < -0.4 is 9.64 Å². The van der Waals surface area contributed by atoms with Crippen molar-refractivity contribution in [3.63, 3.8) is 0 Å². The smallest absolute Gasteiger partial charge is 0.267 e. The van der Waals surface area contributed by atoms with Gasteiger partial charge in [0.25, 0.3) is 11.8 Å². The standard InChI is InChI=1S/C29H17F2N5O3/c1-16(22-11-17(15-32)7-8-24(22)35-10-4-9-33-35)39-25-13-18-12-19(30)14-23(31)26(18)34-27(25)36-28(37)20-5-2-3-6-21(20)29(36)38/h2-14,16H,1H3. The van der Waals surface area contributed by atoms with Gasteiger partial charge in [-0.25, -0.2) is 23.3 Å². The molecule has 0 bridgehead atoms. The Morgan fingerprint density at radius 1 is 0.974 bits per heavy atom. The van der Waals surface area contributed by atoms with E-state index in [1.165, 1.54) is 18.2 Å². The summed E-state index contributed by atoms with van der Waals surface area (Å²) in [6.45, 7) is 1.70. The number of hydrogen-bond acceptors (Lipinski definition) is 6. The van der Waals surface area contributed by atoms with Crippen LogP contribution in [0.25, 0.3) is 16.6 Å². The van der Waals surface area contributed by atoms with Crippen LogP contribution in [0.4, 0.5) is 14.6 Å². The highest BCUT2D eigenvalue weighted by Gasteiger charge is 2.39. The van der Waals surface area contributed by atoms with Crippen molar-refractivity contribution in [1.82, 2.24) is 14.8 Å². The molecule has 39 heavy (non-hydrogen) atoms. The number of carbonyl (C=O) groups excluding carboxylic acids is 2. The molecule has 1 aliphatic rings. The van der Waals surface area contributed by atoms with Crippen molar-refractivity contribution in [3.8, 4) is 17.5 Å². The van der Waals surface area contributed by atoms with Gasteiger partial charge in [-0.3, -0.25) is 9.59 Å². The first-order chi connectivity index (χ1) is 18.9. The maximum Gasteiger partial charge on any atom is 0.267 e. The van der Waals surface area contributed by atoms with Crippen LogP contribution in [0.2, 0.25) is 0 Å². The number of fused-ring (bicyclic) bond motifs is 2. The molecule has 5 aromatic rings. The van der Waals surface area contributed by atoms with Gasteiger partial charge >= 0.3 is 0 Å². The number of carbonyl (C=O) groups is 2. The topological polar surface area (TPSA) is 101 Å². The van der Waals surface area contributed by atoms with Gasteiger partial charge in [0, 0.05) is 29.4 Å². The number of nitrogens with zero attached hydrogens (tertiary/aromatic N) is 5. The first-order valence-corrected chi connectivity index (χ1v) is 11.8. The molecule has 0 radical (unpaired) electrons. The number of rotatable bonds is 5. The zero-order valence-corrected chi connectivity index (χ0v) is 20.3. The second-order valence-corrected chi connectivity index (χ2v) is 8.86. The molecule has 1 aliphatic heterocycles. The van der Waals surface area contributed by atoms with E-state index in [4.69, 9.17) is 4.74 Å². The van der Waals surface area contributed by atoms with Crippen molar-refractivity contribution in [2.24, 2.45) is 0 Å². The molecule has 0 aliphatic carbocycles. The minimum Gasteiger partial charge on any atom is -0.482 e.